The van der Waals surface area contributed by atoms with E-state index in [0.717, 1.165) is 42.5 Å². The summed E-state index contributed by atoms with van der Waals surface area (Å²) in [5.74, 6) is 0.746. The van der Waals surface area contributed by atoms with Gasteiger partial charge in [-0.15, -0.1) is 0 Å². The molecule has 1 amide bonds. The van der Waals surface area contributed by atoms with Gasteiger partial charge in [0, 0.05) is 24.7 Å². The van der Waals surface area contributed by atoms with Crippen LogP contribution in [-0.4, -0.2) is 43.6 Å². The number of sulfonamides is 1. The quantitative estimate of drug-likeness (QED) is 0.543. The Morgan fingerprint density at radius 3 is 2.69 bits per heavy atom. The molecule has 0 spiro atoms. The van der Waals surface area contributed by atoms with Crippen LogP contribution in [-0.2, 0) is 16.6 Å². The van der Waals surface area contributed by atoms with Crippen LogP contribution in [0.4, 0.5) is 0 Å². The summed E-state index contributed by atoms with van der Waals surface area (Å²) in [4.78, 5) is 17.3. The monoisotopic (exact) mass is 456 g/mol. The van der Waals surface area contributed by atoms with Crippen molar-refractivity contribution in [2.45, 2.75) is 50.1 Å². The standard InChI is InChI=1S/C23H28N4O4S/c1-16-25-19-9-5-6-10-20(19)27(16)14-13-24-23(28)17-11-12-21(31-2)22(15-17)32(29,30)26-18-7-3-4-8-18/h5-6,9-12,15,18,26H,3-4,7-8,13-14H2,1-2H3,(H,24,28). The predicted octanol–water partition coefficient (Wildman–Crippen LogP) is 3.00. The zero-order chi connectivity index (χ0) is 22.7. The van der Waals surface area contributed by atoms with Gasteiger partial charge in [0.05, 0.1) is 18.1 Å². The van der Waals surface area contributed by atoms with Crippen molar-refractivity contribution in [3.05, 3.63) is 53.9 Å². The number of methoxy groups -OCH3 is 1. The zero-order valence-electron chi connectivity index (χ0n) is 18.3. The van der Waals surface area contributed by atoms with Gasteiger partial charge in [0.25, 0.3) is 5.91 Å². The number of imidazole rings is 1. The van der Waals surface area contributed by atoms with Crippen molar-refractivity contribution in [1.29, 1.82) is 0 Å². The second-order valence-electron chi connectivity index (χ2n) is 8.02. The first kappa shape index (κ1) is 22.3. The number of fused-ring (bicyclic) bond motifs is 1. The summed E-state index contributed by atoms with van der Waals surface area (Å²) in [7, 11) is -2.38. The fraction of sp³-hybridized carbons (Fsp3) is 0.391. The smallest absolute Gasteiger partial charge is 0.251 e. The molecular weight excluding hydrogens is 428 g/mol. The first-order valence-corrected chi connectivity index (χ1v) is 12.3. The molecule has 1 aliphatic carbocycles. The van der Waals surface area contributed by atoms with Crippen LogP contribution in [0.15, 0.2) is 47.4 Å². The van der Waals surface area contributed by atoms with Crippen molar-refractivity contribution in [1.82, 2.24) is 19.6 Å². The number of carbonyl (C=O) groups excluding carboxylic acids is 1. The predicted molar refractivity (Wildman–Crippen MR) is 122 cm³/mol. The van der Waals surface area contributed by atoms with Crippen LogP contribution in [0.2, 0.25) is 0 Å². The maximum atomic E-state index is 12.9. The van der Waals surface area contributed by atoms with Crippen molar-refractivity contribution in [3.8, 4) is 5.75 Å². The van der Waals surface area contributed by atoms with Gasteiger partial charge in [0.1, 0.15) is 16.5 Å². The molecule has 1 fully saturated rings. The summed E-state index contributed by atoms with van der Waals surface area (Å²) >= 11 is 0. The molecular formula is C23H28N4O4S. The number of aromatic nitrogens is 2. The largest absolute Gasteiger partial charge is 0.495 e. The van der Waals surface area contributed by atoms with Gasteiger partial charge >= 0.3 is 0 Å². The Hall–Kier alpha value is -2.91. The summed E-state index contributed by atoms with van der Waals surface area (Å²) in [5, 5.41) is 2.87. The number of rotatable bonds is 8. The van der Waals surface area contributed by atoms with E-state index in [1.807, 2.05) is 35.8 Å². The Morgan fingerprint density at radius 2 is 1.94 bits per heavy atom. The topological polar surface area (TPSA) is 102 Å². The normalized spacial score (nSPS) is 14.7. The maximum Gasteiger partial charge on any atom is 0.251 e. The van der Waals surface area contributed by atoms with Crippen molar-refractivity contribution in [2.75, 3.05) is 13.7 Å². The van der Waals surface area contributed by atoms with Gasteiger partial charge in [0.15, 0.2) is 0 Å². The fourth-order valence-electron chi connectivity index (χ4n) is 4.22. The molecule has 8 nitrogen and oxygen atoms in total. The molecule has 0 unspecified atom stereocenters. The van der Waals surface area contributed by atoms with Crippen LogP contribution >= 0.6 is 0 Å². The van der Waals surface area contributed by atoms with E-state index in [0.29, 0.717) is 13.1 Å². The average Bonchev–Trinajstić information content (AvgIpc) is 3.40. The fourth-order valence-corrected chi connectivity index (χ4v) is 5.72. The lowest BCUT2D eigenvalue weighted by atomic mass is 10.2. The number of amides is 1. The Balaban J connectivity index is 1.47. The number of hydrogen-bond donors (Lipinski definition) is 2. The number of aryl methyl sites for hydroxylation is 1. The highest BCUT2D eigenvalue weighted by molar-refractivity contribution is 7.89. The number of ether oxygens (including phenoxy) is 1. The number of nitrogens with one attached hydrogen (secondary N) is 2. The highest BCUT2D eigenvalue weighted by Gasteiger charge is 2.26. The van der Waals surface area contributed by atoms with E-state index >= 15 is 0 Å². The lowest BCUT2D eigenvalue weighted by Gasteiger charge is -2.16. The molecule has 170 valence electrons. The van der Waals surface area contributed by atoms with Crippen molar-refractivity contribution < 1.29 is 17.9 Å². The summed E-state index contributed by atoms with van der Waals surface area (Å²) < 4.78 is 35.9. The first-order chi connectivity index (χ1) is 15.4. The SMILES string of the molecule is COc1ccc(C(=O)NCCn2c(C)nc3ccccc32)cc1S(=O)(=O)NC1CCCC1. The summed E-state index contributed by atoms with van der Waals surface area (Å²) in [5.41, 5.74) is 2.19. The van der Waals surface area contributed by atoms with Gasteiger partial charge < -0.3 is 14.6 Å². The Kier molecular flexibility index (Phi) is 6.48. The van der Waals surface area contributed by atoms with Gasteiger partial charge in [-0.2, -0.15) is 0 Å². The van der Waals surface area contributed by atoms with Gasteiger partial charge in [-0.25, -0.2) is 18.1 Å². The molecule has 1 heterocycles. The van der Waals surface area contributed by atoms with Gasteiger partial charge in [-0.05, 0) is 50.1 Å². The van der Waals surface area contributed by atoms with Crippen LogP contribution in [0, 0.1) is 6.92 Å². The third-order valence-corrected chi connectivity index (χ3v) is 7.40. The molecule has 0 atom stereocenters. The number of nitrogens with zero attached hydrogens (tertiary/aromatic N) is 2. The van der Waals surface area contributed by atoms with Crippen LogP contribution < -0.4 is 14.8 Å². The minimum Gasteiger partial charge on any atom is -0.495 e. The maximum absolute atomic E-state index is 12.9. The zero-order valence-corrected chi connectivity index (χ0v) is 19.1. The van der Waals surface area contributed by atoms with Crippen LogP contribution in [0.3, 0.4) is 0 Å². The van der Waals surface area contributed by atoms with E-state index in [1.165, 1.54) is 19.2 Å². The van der Waals surface area contributed by atoms with Gasteiger partial charge in [-0.3, -0.25) is 4.79 Å². The third kappa shape index (κ3) is 4.63. The van der Waals surface area contributed by atoms with E-state index in [-0.39, 0.29) is 28.2 Å². The van der Waals surface area contributed by atoms with Crippen LogP contribution in [0.1, 0.15) is 41.9 Å². The van der Waals surface area contributed by atoms with E-state index in [1.54, 1.807) is 6.07 Å². The summed E-state index contributed by atoms with van der Waals surface area (Å²) in [6.07, 6.45) is 3.67. The Morgan fingerprint density at radius 1 is 1.19 bits per heavy atom. The lowest BCUT2D eigenvalue weighted by Crippen LogP contribution is -2.33. The molecule has 3 aromatic rings. The van der Waals surface area contributed by atoms with Crippen molar-refractivity contribution in [2.24, 2.45) is 0 Å². The van der Waals surface area contributed by atoms with Gasteiger partial charge in [-0.1, -0.05) is 25.0 Å². The van der Waals surface area contributed by atoms with Crippen molar-refractivity contribution in [3.63, 3.8) is 0 Å². The minimum atomic E-state index is -3.80. The molecule has 0 saturated heterocycles. The molecule has 0 aliphatic heterocycles. The molecule has 0 radical (unpaired) electrons. The van der Waals surface area contributed by atoms with E-state index in [9.17, 15) is 13.2 Å². The Labute approximate surface area is 188 Å². The van der Waals surface area contributed by atoms with Crippen LogP contribution in [0.25, 0.3) is 11.0 Å². The molecule has 1 aromatic heterocycles. The first-order valence-electron chi connectivity index (χ1n) is 10.8. The van der Waals surface area contributed by atoms with Gasteiger partial charge in [0.2, 0.25) is 10.0 Å². The lowest BCUT2D eigenvalue weighted by molar-refractivity contribution is 0.0952. The third-order valence-electron chi connectivity index (χ3n) is 5.86. The Bertz CT molecular complexity index is 1230. The summed E-state index contributed by atoms with van der Waals surface area (Å²) in [6.45, 7) is 2.87. The van der Waals surface area contributed by atoms with E-state index < -0.39 is 10.0 Å². The number of hydrogen-bond acceptors (Lipinski definition) is 5. The van der Waals surface area contributed by atoms with E-state index in [2.05, 4.69) is 15.0 Å². The second kappa shape index (κ2) is 9.30. The minimum absolute atomic E-state index is 0.0176. The molecule has 1 aliphatic rings. The molecule has 32 heavy (non-hydrogen) atoms. The number of para-hydroxylation sites is 2. The highest BCUT2D eigenvalue weighted by Crippen LogP contribution is 2.27. The number of carbonyl (C=O) groups is 1. The molecule has 0 bridgehead atoms. The molecule has 1 saturated carbocycles. The summed E-state index contributed by atoms with van der Waals surface area (Å²) in [6, 6.07) is 12.2. The molecule has 9 heteroatoms. The van der Waals surface area contributed by atoms with Crippen LogP contribution in [0.5, 0.6) is 5.75 Å². The highest BCUT2D eigenvalue weighted by atomic mass is 32.2. The average molecular weight is 457 g/mol. The molecule has 4 rings (SSSR count). The van der Waals surface area contributed by atoms with Crippen molar-refractivity contribution >= 4 is 27.0 Å². The number of benzene rings is 2. The second-order valence-corrected chi connectivity index (χ2v) is 9.71. The molecule has 2 aromatic carbocycles. The van der Waals surface area contributed by atoms with E-state index in [4.69, 9.17) is 4.74 Å². The molecule has 2 N–H and O–H groups in total.